The average molecular weight is 753 g/mol. The SMILES string of the molecule is C=C(C)C(=O)OCCCC(=O)OC(COCC1CCC(COCC(COc2ccccc2)OC(=O)CCCOC(=O)C(=C)C)CC1)COc1ccccc1. The summed E-state index contributed by atoms with van der Waals surface area (Å²) in [7, 11) is 0. The summed E-state index contributed by atoms with van der Waals surface area (Å²) in [6, 6.07) is 18.6. The number of rotatable bonds is 26. The molecule has 0 radical (unpaired) electrons. The molecule has 1 saturated carbocycles. The minimum absolute atomic E-state index is 0.0927. The van der Waals surface area contributed by atoms with Crippen LogP contribution in [0.5, 0.6) is 11.5 Å². The van der Waals surface area contributed by atoms with Crippen LogP contribution >= 0.6 is 0 Å². The van der Waals surface area contributed by atoms with Gasteiger partial charge in [0.15, 0.2) is 12.2 Å². The highest BCUT2D eigenvalue weighted by atomic mass is 16.6. The molecule has 0 aliphatic heterocycles. The predicted molar refractivity (Wildman–Crippen MR) is 201 cm³/mol. The van der Waals surface area contributed by atoms with E-state index in [1.54, 1.807) is 13.8 Å². The minimum atomic E-state index is -0.604. The van der Waals surface area contributed by atoms with Crippen LogP contribution in [0.4, 0.5) is 0 Å². The highest BCUT2D eigenvalue weighted by Gasteiger charge is 2.24. The number of carbonyl (C=O) groups is 4. The molecule has 0 bridgehead atoms. The van der Waals surface area contributed by atoms with Crippen LogP contribution in [0, 0.1) is 11.8 Å². The summed E-state index contributed by atoms with van der Waals surface area (Å²) in [6.07, 6.45) is 3.51. The van der Waals surface area contributed by atoms with Gasteiger partial charge in [0.25, 0.3) is 0 Å². The van der Waals surface area contributed by atoms with E-state index in [2.05, 4.69) is 13.2 Å². The Morgan fingerprint density at radius 1 is 0.593 bits per heavy atom. The highest BCUT2D eigenvalue weighted by Crippen LogP contribution is 2.29. The molecule has 12 nitrogen and oxygen atoms in total. The van der Waals surface area contributed by atoms with Crippen molar-refractivity contribution in [1.82, 2.24) is 0 Å². The third-order valence-electron chi connectivity index (χ3n) is 8.45. The Morgan fingerprint density at radius 2 is 0.963 bits per heavy atom. The smallest absolute Gasteiger partial charge is 0.333 e. The van der Waals surface area contributed by atoms with Gasteiger partial charge in [0.1, 0.15) is 24.7 Å². The van der Waals surface area contributed by atoms with E-state index in [4.69, 9.17) is 37.9 Å². The van der Waals surface area contributed by atoms with Crippen molar-refractivity contribution < 1.29 is 57.1 Å². The topological polar surface area (TPSA) is 142 Å². The zero-order chi connectivity index (χ0) is 39.0. The van der Waals surface area contributed by atoms with E-state index in [9.17, 15) is 19.2 Å². The van der Waals surface area contributed by atoms with Gasteiger partial charge < -0.3 is 37.9 Å². The van der Waals surface area contributed by atoms with Crippen molar-refractivity contribution in [3.8, 4) is 11.5 Å². The first-order valence-corrected chi connectivity index (χ1v) is 18.6. The van der Waals surface area contributed by atoms with E-state index < -0.39 is 36.1 Å². The maximum absolute atomic E-state index is 12.6. The van der Waals surface area contributed by atoms with Crippen LogP contribution in [0.2, 0.25) is 0 Å². The Balaban J connectivity index is 1.38. The summed E-state index contributed by atoms with van der Waals surface area (Å²) in [5.41, 5.74) is 0.609. The molecule has 296 valence electrons. The lowest BCUT2D eigenvalue weighted by Gasteiger charge is -2.29. The lowest BCUT2D eigenvalue weighted by atomic mass is 9.83. The van der Waals surface area contributed by atoms with Crippen LogP contribution in [0.1, 0.15) is 65.2 Å². The maximum atomic E-state index is 12.6. The van der Waals surface area contributed by atoms with E-state index >= 15 is 0 Å². The van der Waals surface area contributed by atoms with Gasteiger partial charge >= 0.3 is 23.9 Å². The van der Waals surface area contributed by atoms with Crippen LogP contribution in [0.25, 0.3) is 0 Å². The molecular formula is C42H56O12. The van der Waals surface area contributed by atoms with Gasteiger partial charge in [0, 0.05) is 37.2 Å². The van der Waals surface area contributed by atoms with E-state index in [-0.39, 0.29) is 52.5 Å². The quantitative estimate of drug-likeness (QED) is 0.0442. The standard InChI is InChI=1S/C42H56O12/c1-31(2)41(45)49-23-11-17-39(43)53-37(29-51-35-13-7-5-8-14-35)27-47-25-33-19-21-34(22-20-33)26-48-28-38(30-52-36-15-9-6-10-16-36)54-40(44)18-12-24-50-42(46)32(3)4/h5-10,13-16,33-34,37-38H,1,3,11-12,17-30H2,2,4H3. The van der Waals surface area contributed by atoms with Crippen LogP contribution < -0.4 is 9.47 Å². The molecule has 1 aliphatic rings. The average Bonchev–Trinajstić information content (AvgIpc) is 3.17. The normalized spacial score (nSPS) is 16.3. The number of para-hydroxylation sites is 2. The number of ether oxygens (including phenoxy) is 8. The molecule has 0 saturated heterocycles. The van der Waals surface area contributed by atoms with Crippen molar-refractivity contribution in [2.45, 2.75) is 77.4 Å². The van der Waals surface area contributed by atoms with Crippen molar-refractivity contribution in [2.75, 3.05) is 52.9 Å². The molecule has 3 rings (SSSR count). The van der Waals surface area contributed by atoms with Crippen molar-refractivity contribution >= 4 is 23.9 Å². The number of esters is 4. The molecule has 2 aromatic carbocycles. The second-order valence-corrected chi connectivity index (χ2v) is 13.5. The van der Waals surface area contributed by atoms with Crippen LogP contribution in [0.15, 0.2) is 85.0 Å². The molecule has 2 aromatic rings. The van der Waals surface area contributed by atoms with Crippen LogP contribution in [-0.4, -0.2) is 88.9 Å². The Labute approximate surface area is 319 Å². The fourth-order valence-electron chi connectivity index (χ4n) is 5.44. The fourth-order valence-corrected chi connectivity index (χ4v) is 5.44. The molecule has 0 spiro atoms. The first-order chi connectivity index (χ1) is 26.1. The molecule has 0 amide bonds. The molecule has 0 N–H and O–H groups in total. The number of hydrogen-bond donors (Lipinski definition) is 0. The van der Waals surface area contributed by atoms with Gasteiger partial charge in [-0.2, -0.15) is 0 Å². The number of hydrogen-bond acceptors (Lipinski definition) is 12. The molecule has 0 aromatic heterocycles. The minimum Gasteiger partial charge on any atom is -0.490 e. The lowest BCUT2D eigenvalue weighted by molar-refractivity contribution is -0.156. The zero-order valence-corrected chi connectivity index (χ0v) is 31.7. The van der Waals surface area contributed by atoms with Crippen molar-refractivity contribution in [3.05, 3.63) is 85.0 Å². The zero-order valence-electron chi connectivity index (χ0n) is 31.7. The number of carbonyl (C=O) groups excluding carboxylic acids is 4. The molecular weight excluding hydrogens is 696 g/mol. The van der Waals surface area contributed by atoms with Gasteiger partial charge in [-0.1, -0.05) is 49.6 Å². The summed E-state index contributed by atoms with van der Waals surface area (Å²) in [5, 5.41) is 0. The predicted octanol–water partition coefficient (Wildman–Crippen LogP) is 6.61. The molecule has 1 aliphatic carbocycles. The first-order valence-electron chi connectivity index (χ1n) is 18.6. The second-order valence-electron chi connectivity index (χ2n) is 13.5. The monoisotopic (exact) mass is 752 g/mol. The number of benzene rings is 2. The highest BCUT2D eigenvalue weighted by molar-refractivity contribution is 5.87. The van der Waals surface area contributed by atoms with E-state index in [0.29, 0.717) is 60.5 Å². The van der Waals surface area contributed by atoms with Crippen molar-refractivity contribution in [3.63, 3.8) is 0 Å². The summed E-state index contributed by atoms with van der Waals surface area (Å²) in [5.74, 6) is 0.235. The second kappa shape index (κ2) is 25.4. The van der Waals surface area contributed by atoms with E-state index in [1.165, 1.54) is 0 Å². The molecule has 2 unspecified atom stereocenters. The van der Waals surface area contributed by atoms with Gasteiger partial charge in [0.2, 0.25) is 0 Å². The van der Waals surface area contributed by atoms with Gasteiger partial charge in [-0.15, -0.1) is 0 Å². The Kier molecular flexibility index (Phi) is 20.5. The summed E-state index contributed by atoms with van der Waals surface area (Å²) in [4.78, 5) is 48.3. The third-order valence-corrected chi connectivity index (χ3v) is 8.45. The van der Waals surface area contributed by atoms with Crippen molar-refractivity contribution in [1.29, 1.82) is 0 Å². The van der Waals surface area contributed by atoms with Crippen molar-refractivity contribution in [2.24, 2.45) is 11.8 Å². The maximum Gasteiger partial charge on any atom is 0.333 e. The van der Waals surface area contributed by atoms with E-state index in [1.807, 2.05) is 60.7 Å². The molecule has 54 heavy (non-hydrogen) atoms. The largest absolute Gasteiger partial charge is 0.490 e. The first kappa shape index (κ1) is 43.7. The van der Waals surface area contributed by atoms with Crippen LogP contribution in [0.3, 0.4) is 0 Å². The van der Waals surface area contributed by atoms with E-state index in [0.717, 1.165) is 25.7 Å². The molecule has 2 atom stereocenters. The molecule has 12 heteroatoms. The fraction of sp³-hybridized carbons (Fsp3) is 0.524. The Hall–Kier alpha value is -4.68. The van der Waals surface area contributed by atoms with Gasteiger partial charge in [0.05, 0.1) is 26.4 Å². The van der Waals surface area contributed by atoms with Crippen LogP contribution in [-0.2, 0) is 47.6 Å². The molecule has 0 heterocycles. The lowest BCUT2D eigenvalue weighted by Crippen LogP contribution is -2.32. The van der Waals surface area contributed by atoms with Gasteiger partial charge in [-0.3, -0.25) is 9.59 Å². The third kappa shape index (κ3) is 18.9. The molecule has 1 fully saturated rings. The summed E-state index contributed by atoms with van der Waals surface area (Å²) >= 11 is 0. The van der Waals surface area contributed by atoms with Gasteiger partial charge in [-0.05, 0) is 88.5 Å². The summed E-state index contributed by atoms with van der Waals surface area (Å²) in [6.45, 7) is 12.2. The Morgan fingerprint density at radius 3 is 1.31 bits per heavy atom. The van der Waals surface area contributed by atoms with Gasteiger partial charge in [-0.25, -0.2) is 9.59 Å². The Bertz CT molecular complexity index is 1330. The summed E-state index contributed by atoms with van der Waals surface area (Å²) < 4.78 is 45.3.